The van der Waals surface area contributed by atoms with E-state index in [1.807, 2.05) is 38.1 Å². The molecule has 2 saturated heterocycles. The zero-order valence-corrected chi connectivity index (χ0v) is 37.7. The Morgan fingerprint density at radius 1 is 1.10 bits per heavy atom. The Morgan fingerprint density at radius 2 is 1.83 bits per heavy atom. The predicted molar refractivity (Wildman–Crippen MR) is 237 cm³/mol. The van der Waals surface area contributed by atoms with E-state index in [0.29, 0.717) is 13.0 Å². The normalized spacial score (nSPS) is 22.6. The number of benzene rings is 2. The molecule has 0 spiro atoms. The fourth-order valence-corrected chi connectivity index (χ4v) is 10.2. The summed E-state index contributed by atoms with van der Waals surface area (Å²) in [4.78, 5) is 66.8. The van der Waals surface area contributed by atoms with E-state index in [1.165, 1.54) is 27.6 Å². The molecule has 4 aromatic rings. The number of amides is 3. The van der Waals surface area contributed by atoms with Crippen LogP contribution in [-0.2, 0) is 53.3 Å². The zero-order valence-electron chi connectivity index (χ0n) is 36.8. The molecule has 2 aromatic carbocycles. The van der Waals surface area contributed by atoms with Gasteiger partial charge in [0, 0.05) is 85.8 Å². The van der Waals surface area contributed by atoms with Crippen molar-refractivity contribution in [2.45, 2.75) is 91.1 Å². The topological polar surface area (TPSA) is 196 Å². The van der Waals surface area contributed by atoms with Crippen molar-refractivity contribution in [1.29, 1.82) is 0 Å². The molecule has 0 saturated carbocycles. The summed E-state index contributed by atoms with van der Waals surface area (Å²) < 4.78 is 34.3. The van der Waals surface area contributed by atoms with Gasteiger partial charge in [-0.15, -0.1) is 0 Å². The van der Waals surface area contributed by atoms with E-state index in [4.69, 9.17) is 4.74 Å². The Kier molecular flexibility index (Phi) is 13.0. The van der Waals surface area contributed by atoms with Gasteiger partial charge in [0.1, 0.15) is 18.4 Å². The summed E-state index contributed by atoms with van der Waals surface area (Å²) in [5.41, 5.74) is 6.32. The molecule has 3 amide bonds. The van der Waals surface area contributed by atoms with Gasteiger partial charge in [0.2, 0.25) is 27.6 Å². The molecule has 16 nitrogen and oxygen atoms in total. The van der Waals surface area contributed by atoms with Crippen molar-refractivity contribution in [2.24, 2.45) is 17.3 Å². The van der Waals surface area contributed by atoms with Crippen LogP contribution in [0.3, 0.4) is 0 Å². The molecule has 17 heteroatoms. The van der Waals surface area contributed by atoms with Gasteiger partial charge in [-0.05, 0) is 66.5 Å². The zero-order chi connectivity index (χ0) is 45.4. The van der Waals surface area contributed by atoms with Gasteiger partial charge in [-0.3, -0.25) is 19.4 Å². The second-order valence-corrected chi connectivity index (χ2v) is 20.0. The van der Waals surface area contributed by atoms with Crippen molar-refractivity contribution >= 4 is 44.6 Å². The summed E-state index contributed by atoms with van der Waals surface area (Å²) in [6.07, 6.45) is 6.14. The van der Waals surface area contributed by atoms with Crippen LogP contribution in [0.15, 0.2) is 73.2 Å². The van der Waals surface area contributed by atoms with Crippen LogP contribution in [0.4, 0.5) is 0 Å². The number of aryl methyl sites for hydroxylation is 1. The quantitative estimate of drug-likeness (QED) is 0.206. The number of aromatic nitrogens is 3. The Balaban J connectivity index is 1.27. The largest absolute Gasteiger partial charge is 0.462 e. The van der Waals surface area contributed by atoms with Crippen LogP contribution in [0.2, 0.25) is 0 Å². The molecule has 3 aliphatic heterocycles. The van der Waals surface area contributed by atoms with Crippen LogP contribution in [0.1, 0.15) is 65.0 Å². The molecule has 4 atom stereocenters. The number of cyclic esters (lactones) is 1. The number of sulfonamides is 1. The molecule has 0 unspecified atom stereocenters. The van der Waals surface area contributed by atoms with Crippen molar-refractivity contribution < 1.29 is 37.4 Å². The van der Waals surface area contributed by atoms with E-state index < -0.39 is 68.8 Å². The van der Waals surface area contributed by atoms with Crippen LogP contribution in [0.25, 0.3) is 33.3 Å². The average molecular weight is 883 g/mol. The molecule has 3 aliphatic rings. The lowest BCUT2D eigenvalue weighted by molar-refractivity contribution is -0.189. The van der Waals surface area contributed by atoms with Gasteiger partial charge < -0.3 is 24.6 Å². The number of likely N-dealkylation sites (N-methyl/N-ethyl adjacent to an activating group) is 1. The van der Waals surface area contributed by atoms with Crippen molar-refractivity contribution in [2.75, 3.05) is 33.3 Å². The Bertz CT molecular complexity index is 2530. The second-order valence-electron chi connectivity index (χ2n) is 18.1. The molecule has 2 fully saturated rings. The van der Waals surface area contributed by atoms with Gasteiger partial charge in [-0.25, -0.2) is 23.2 Å². The minimum atomic E-state index is -3.73. The van der Waals surface area contributed by atoms with Crippen molar-refractivity contribution in [3.05, 3.63) is 84.3 Å². The number of hydrogen-bond donors (Lipinski definition) is 3. The molecule has 5 heterocycles. The maximum atomic E-state index is 14.6. The highest BCUT2D eigenvalue weighted by Crippen LogP contribution is 2.40. The molecule has 63 heavy (non-hydrogen) atoms. The SMILES string of the molecule is C=CS(=O)(=O)N1CC[C@H](C(=O)N(C)[C@H](C(=O)N[C@H]2Cc3cccc(c3)-c3ccc4c(c3)c(c(-c3cncnc3)n4CC)CC(C)(C)COC(=O)[C@@]3(O)CCCN(N3)C2=O)C(C)C)C1. The molecule has 3 N–H and O–H groups in total. The fourth-order valence-electron chi connectivity index (χ4n) is 9.29. The number of esters is 1. The van der Waals surface area contributed by atoms with Crippen molar-refractivity contribution in [3.8, 4) is 22.4 Å². The number of nitrogens with zero attached hydrogens (tertiary/aromatic N) is 6. The summed E-state index contributed by atoms with van der Waals surface area (Å²) in [6.45, 7) is 13.9. The fraction of sp³-hybridized carbons (Fsp3) is 0.478. The van der Waals surface area contributed by atoms with Gasteiger partial charge in [0.05, 0.1) is 18.2 Å². The van der Waals surface area contributed by atoms with Crippen LogP contribution in [-0.4, -0.2) is 117 Å². The van der Waals surface area contributed by atoms with Crippen LogP contribution in [0.5, 0.6) is 0 Å². The monoisotopic (exact) mass is 882 g/mol. The maximum Gasteiger partial charge on any atom is 0.355 e. The number of hydrogen-bond acceptors (Lipinski definition) is 11. The lowest BCUT2D eigenvalue weighted by atomic mass is 9.84. The Morgan fingerprint density at radius 3 is 2.52 bits per heavy atom. The highest BCUT2D eigenvalue weighted by atomic mass is 32.2. The van der Waals surface area contributed by atoms with Gasteiger partial charge in [-0.2, -0.15) is 9.73 Å². The lowest BCUT2D eigenvalue weighted by Crippen LogP contribution is -2.67. The minimum absolute atomic E-state index is 0.0188. The van der Waals surface area contributed by atoms with E-state index in [0.717, 1.165) is 49.8 Å². The first kappa shape index (κ1) is 45.5. The number of aliphatic hydroxyl groups is 1. The molecular weight excluding hydrogens is 825 g/mol. The summed E-state index contributed by atoms with van der Waals surface area (Å²) in [7, 11) is -2.21. The molecule has 7 rings (SSSR count). The standard InChI is InChI=1S/C46H58N8O8S/c1-8-53-38-15-14-32-22-35(38)36(40(53)34-24-47-28-48-25-34)23-45(5,6)27-62-44(58)46(59)17-11-18-54(50-46)43(57)37(21-30-12-10-13-31(32)20-30)49-41(55)39(29(3)4)51(7)42(56)33-16-19-52(26-33)63(60,61)9-2/h9-10,12-15,20,22,24-25,28-29,33,37,39,50,59H,2,8,11,16-19,21,23,26-27H2,1,3-7H3,(H,49,55)/t33-,37-,39-,46-/m0/s1. The van der Waals surface area contributed by atoms with Gasteiger partial charge >= 0.3 is 5.97 Å². The number of nitrogens with one attached hydrogen (secondary N) is 2. The van der Waals surface area contributed by atoms with Gasteiger partial charge in [0.25, 0.3) is 5.91 Å². The minimum Gasteiger partial charge on any atom is -0.462 e. The van der Waals surface area contributed by atoms with Gasteiger partial charge in [-0.1, -0.05) is 64.6 Å². The predicted octanol–water partition coefficient (Wildman–Crippen LogP) is 4.03. The summed E-state index contributed by atoms with van der Waals surface area (Å²) in [5, 5.41) is 17.8. The number of hydrazine groups is 1. The molecule has 6 bridgehead atoms. The summed E-state index contributed by atoms with van der Waals surface area (Å²) >= 11 is 0. The van der Waals surface area contributed by atoms with Crippen LogP contribution < -0.4 is 10.7 Å². The van der Waals surface area contributed by atoms with E-state index in [1.54, 1.807) is 26.2 Å². The smallest absolute Gasteiger partial charge is 0.355 e. The molecule has 336 valence electrons. The number of carbonyl (C=O) groups is 4. The van der Waals surface area contributed by atoms with Crippen LogP contribution in [0, 0.1) is 17.3 Å². The first-order chi connectivity index (χ1) is 29.9. The highest BCUT2D eigenvalue weighted by molar-refractivity contribution is 7.92. The summed E-state index contributed by atoms with van der Waals surface area (Å²) in [6, 6.07) is 11.8. The van der Waals surface area contributed by atoms with Crippen LogP contribution >= 0.6 is 0 Å². The van der Waals surface area contributed by atoms with Gasteiger partial charge in [0.15, 0.2) is 0 Å². The first-order valence-corrected chi connectivity index (χ1v) is 23.0. The Hall–Kier alpha value is -5.49. The van der Waals surface area contributed by atoms with E-state index in [-0.39, 0.29) is 51.9 Å². The molecular formula is C46H58N8O8S. The number of carbonyl (C=O) groups excluding carboxylic acids is 4. The first-order valence-electron chi connectivity index (χ1n) is 21.5. The third-order valence-electron chi connectivity index (χ3n) is 12.5. The number of fused-ring (bicyclic) bond motifs is 6. The highest BCUT2D eigenvalue weighted by Gasteiger charge is 2.46. The van der Waals surface area contributed by atoms with E-state index in [9.17, 15) is 32.7 Å². The second kappa shape index (κ2) is 17.9. The maximum absolute atomic E-state index is 14.6. The van der Waals surface area contributed by atoms with Crippen molar-refractivity contribution in [3.63, 3.8) is 0 Å². The third kappa shape index (κ3) is 9.28. The molecule has 2 aromatic heterocycles. The number of ether oxygens (including phenoxy) is 1. The van der Waals surface area contributed by atoms with E-state index >= 15 is 0 Å². The third-order valence-corrected chi connectivity index (χ3v) is 13.9. The number of rotatable bonds is 9. The Labute approximate surface area is 368 Å². The molecule has 0 aliphatic carbocycles. The average Bonchev–Trinajstić information content (AvgIpc) is 3.88. The lowest BCUT2D eigenvalue weighted by Gasteiger charge is -2.40. The molecule has 0 radical (unpaired) electrons. The van der Waals surface area contributed by atoms with Crippen molar-refractivity contribution in [1.82, 2.24) is 39.5 Å². The van der Waals surface area contributed by atoms with E-state index in [2.05, 4.69) is 57.0 Å². The summed E-state index contributed by atoms with van der Waals surface area (Å²) in [5.74, 6) is -3.57.